The Balaban J connectivity index is 2.20. The van der Waals surface area contributed by atoms with E-state index >= 15 is 0 Å². The predicted octanol–water partition coefficient (Wildman–Crippen LogP) is 2.51. The molecule has 0 aromatic heterocycles. The van der Waals surface area contributed by atoms with Gasteiger partial charge in [0.05, 0.1) is 5.41 Å². The lowest BCUT2D eigenvalue weighted by molar-refractivity contribution is -0.129. The van der Waals surface area contributed by atoms with E-state index in [0.29, 0.717) is 18.2 Å². The number of anilines is 1. The van der Waals surface area contributed by atoms with Crippen molar-refractivity contribution in [2.45, 2.75) is 32.6 Å². The zero-order valence-corrected chi connectivity index (χ0v) is 12.3. The van der Waals surface area contributed by atoms with E-state index in [1.807, 2.05) is 6.07 Å². The molecule has 1 saturated carbocycles. The summed E-state index contributed by atoms with van der Waals surface area (Å²) in [5.74, 6) is 0.910. The SMILES string of the molecule is CC1CCC(CN)(C(=O)N(C)c2cccc(O)c2)CC1. The first-order valence-corrected chi connectivity index (χ1v) is 7.26. The summed E-state index contributed by atoms with van der Waals surface area (Å²) < 4.78 is 0. The van der Waals surface area contributed by atoms with Gasteiger partial charge in [-0.25, -0.2) is 0 Å². The van der Waals surface area contributed by atoms with Crippen molar-refractivity contribution in [3.8, 4) is 5.75 Å². The van der Waals surface area contributed by atoms with Crippen LogP contribution in [-0.2, 0) is 4.79 Å². The second kappa shape index (κ2) is 5.83. The molecule has 1 aromatic carbocycles. The number of hydrogen-bond acceptors (Lipinski definition) is 3. The van der Waals surface area contributed by atoms with Crippen molar-refractivity contribution in [1.29, 1.82) is 0 Å². The highest BCUT2D eigenvalue weighted by atomic mass is 16.3. The number of amides is 1. The van der Waals surface area contributed by atoms with Gasteiger partial charge in [-0.1, -0.05) is 13.0 Å². The largest absolute Gasteiger partial charge is 0.508 e. The molecule has 4 heteroatoms. The van der Waals surface area contributed by atoms with Crippen molar-refractivity contribution in [1.82, 2.24) is 0 Å². The third-order valence-electron chi connectivity index (χ3n) is 4.60. The Kier molecular flexibility index (Phi) is 4.33. The first-order chi connectivity index (χ1) is 9.48. The molecule has 4 nitrogen and oxygen atoms in total. The van der Waals surface area contributed by atoms with Gasteiger partial charge in [0.25, 0.3) is 0 Å². The van der Waals surface area contributed by atoms with Gasteiger partial charge in [-0.05, 0) is 43.7 Å². The van der Waals surface area contributed by atoms with Crippen LogP contribution in [0.3, 0.4) is 0 Å². The van der Waals surface area contributed by atoms with Gasteiger partial charge in [0, 0.05) is 25.3 Å². The van der Waals surface area contributed by atoms with Crippen LogP contribution in [0, 0.1) is 11.3 Å². The third-order valence-corrected chi connectivity index (χ3v) is 4.60. The van der Waals surface area contributed by atoms with Crippen molar-refractivity contribution in [2.75, 3.05) is 18.5 Å². The van der Waals surface area contributed by atoms with E-state index in [1.165, 1.54) is 0 Å². The zero-order chi connectivity index (χ0) is 14.8. The van der Waals surface area contributed by atoms with E-state index in [9.17, 15) is 9.90 Å². The average Bonchev–Trinajstić information content (AvgIpc) is 2.47. The van der Waals surface area contributed by atoms with E-state index in [1.54, 1.807) is 30.1 Å². The third kappa shape index (κ3) is 2.80. The van der Waals surface area contributed by atoms with Crippen molar-refractivity contribution < 1.29 is 9.90 Å². The Hall–Kier alpha value is -1.55. The van der Waals surface area contributed by atoms with Crippen LogP contribution < -0.4 is 10.6 Å². The van der Waals surface area contributed by atoms with Crippen LogP contribution in [-0.4, -0.2) is 24.6 Å². The highest BCUT2D eigenvalue weighted by Crippen LogP contribution is 2.40. The number of phenolic OH excluding ortho intramolecular Hbond substituents is 1. The molecule has 0 aliphatic heterocycles. The Morgan fingerprint density at radius 3 is 2.65 bits per heavy atom. The summed E-state index contributed by atoms with van der Waals surface area (Å²) >= 11 is 0. The summed E-state index contributed by atoms with van der Waals surface area (Å²) in [4.78, 5) is 14.5. The molecule has 1 aliphatic carbocycles. The van der Waals surface area contributed by atoms with Crippen molar-refractivity contribution >= 4 is 11.6 Å². The lowest BCUT2D eigenvalue weighted by Gasteiger charge is -2.39. The van der Waals surface area contributed by atoms with Crippen LogP contribution in [0.2, 0.25) is 0 Å². The molecule has 0 unspecified atom stereocenters. The minimum atomic E-state index is -0.438. The van der Waals surface area contributed by atoms with E-state index in [2.05, 4.69) is 6.92 Å². The molecule has 1 aromatic rings. The fourth-order valence-corrected chi connectivity index (χ4v) is 2.99. The molecule has 0 radical (unpaired) electrons. The minimum Gasteiger partial charge on any atom is -0.508 e. The van der Waals surface area contributed by atoms with E-state index < -0.39 is 5.41 Å². The maximum absolute atomic E-state index is 12.8. The van der Waals surface area contributed by atoms with Crippen LogP contribution in [0.5, 0.6) is 5.75 Å². The summed E-state index contributed by atoms with van der Waals surface area (Å²) in [7, 11) is 1.76. The van der Waals surface area contributed by atoms with Gasteiger partial charge in [0.2, 0.25) is 5.91 Å². The van der Waals surface area contributed by atoms with Crippen LogP contribution in [0.15, 0.2) is 24.3 Å². The molecule has 0 bridgehead atoms. The normalized spacial score (nSPS) is 26.2. The number of phenols is 1. The topological polar surface area (TPSA) is 66.6 Å². The van der Waals surface area contributed by atoms with Gasteiger partial charge in [-0.3, -0.25) is 4.79 Å². The molecule has 2 rings (SSSR count). The Morgan fingerprint density at radius 2 is 2.10 bits per heavy atom. The summed E-state index contributed by atoms with van der Waals surface area (Å²) in [5, 5.41) is 9.55. The standard InChI is InChI=1S/C16H24N2O2/c1-12-6-8-16(11-17,9-7-12)15(20)18(2)13-4-3-5-14(19)10-13/h3-5,10,12,19H,6-9,11,17H2,1-2H3. The molecule has 0 saturated heterocycles. The Labute approximate surface area is 120 Å². The highest BCUT2D eigenvalue weighted by molar-refractivity contribution is 5.97. The summed E-state index contributed by atoms with van der Waals surface area (Å²) in [6.07, 6.45) is 3.81. The number of benzene rings is 1. The van der Waals surface area contributed by atoms with Crippen molar-refractivity contribution in [3.63, 3.8) is 0 Å². The number of carbonyl (C=O) groups excluding carboxylic acids is 1. The van der Waals surface area contributed by atoms with E-state index in [4.69, 9.17) is 5.73 Å². The van der Waals surface area contributed by atoms with E-state index in [0.717, 1.165) is 25.7 Å². The number of nitrogens with zero attached hydrogens (tertiary/aromatic N) is 1. The molecule has 20 heavy (non-hydrogen) atoms. The number of aromatic hydroxyl groups is 1. The van der Waals surface area contributed by atoms with Crippen molar-refractivity contribution in [3.05, 3.63) is 24.3 Å². The number of hydrogen-bond donors (Lipinski definition) is 2. The first-order valence-electron chi connectivity index (χ1n) is 7.26. The number of nitrogens with two attached hydrogens (primary N) is 1. The summed E-state index contributed by atoms with van der Waals surface area (Å²) in [6, 6.07) is 6.77. The van der Waals surface area contributed by atoms with Gasteiger partial charge in [0.1, 0.15) is 5.75 Å². The predicted molar refractivity (Wildman–Crippen MR) is 80.6 cm³/mol. The molecule has 3 N–H and O–H groups in total. The van der Waals surface area contributed by atoms with Gasteiger partial charge < -0.3 is 15.7 Å². The van der Waals surface area contributed by atoms with Crippen LogP contribution in [0.4, 0.5) is 5.69 Å². The fraction of sp³-hybridized carbons (Fsp3) is 0.562. The summed E-state index contributed by atoms with van der Waals surface area (Å²) in [5.41, 5.74) is 6.21. The molecular weight excluding hydrogens is 252 g/mol. The fourth-order valence-electron chi connectivity index (χ4n) is 2.99. The molecule has 0 atom stereocenters. The lowest BCUT2D eigenvalue weighted by Crippen LogP contribution is -2.48. The van der Waals surface area contributed by atoms with Gasteiger partial charge in [-0.15, -0.1) is 0 Å². The van der Waals surface area contributed by atoms with Gasteiger partial charge in [-0.2, -0.15) is 0 Å². The van der Waals surface area contributed by atoms with Gasteiger partial charge >= 0.3 is 0 Å². The molecule has 1 amide bonds. The molecule has 0 spiro atoms. The van der Waals surface area contributed by atoms with Gasteiger partial charge in [0.15, 0.2) is 0 Å². The monoisotopic (exact) mass is 276 g/mol. The lowest BCUT2D eigenvalue weighted by atomic mass is 9.70. The Bertz CT molecular complexity index is 479. The summed E-state index contributed by atoms with van der Waals surface area (Å²) in [6.45, 7) is 2.62. The minimum absolute atomic E-state index is 0.0671. The zero-order valence-electron chi connectivity index (χ0n) is 12.3. The molecular formula is C16H24N2O2. The van der Waals surface area contributed by atoms with Crippen molar-refractivity contribution in [2.24, 2.45) is 17.1 Å². The Morgan fingerprint density at radius 1 is 1.45 bits per heavy atom. The highest BCUT2D eigenvalue weighted by Gasteiger charge is 2.41. The van der Waals surface area contributed by atoms with Crippen LogP contribution in [0.1, 0.15) is 32.6 Å². The maximum Gasteiger partial charge on any atom is 0.234 e. The van der Waals surface area contributed by atoms with Crippen LogP contribution >= 0.6 is 0 Å². The quantitative estimate of drug-likeness (QED) is 0.891. The van der Waals surface area contributed by atoms with Crippen LogP contribution in [0.25, 0.3) is 0 Å². The smallest absolute Gasteiger partial charge is 0.234 e. The van der Waals surface area contributed by atoms with E-state index in [-0.39, 0.29) is 11.7 Å². The number of rotatable bonds is 3. The molecule has 110 valence electrons. The molecule has 1 aliphatic rings. The first kappa shape index (κ1) is 14.9. The molecule has 0 heterocycles. The maximum atomic E-state index is 12.8. The molecule has 1 fully saturated rings. The number of carbonyl (C=O) groups is 1. The second-order valence-electron chi connectivity index (χ2n) is 6.05. The second-order valence-corrected chi connectivity index (χ2v) is 6.05. The average molecular weight is 276 g/mol.